The van der Waals surface area contributed by atoms with E-state index in [0.29, 0.717) is 16.8 Å². The molecule has 2 N–H and O–H groups in total. The molecule has 1 fully saturated rings. The Balaban J connectivity index is 1.72. The lowest BCUT2D eigenvalue weighted by molar-refractivity contribution is -0.123. The predicted molar refractivity (Wildman–Crippen MR) is 87.0 cm³/mol. The number of benzene rings is 1. The number of nitrogens with one attached hydrogen (secondary N) is 2. The van der Waals surface area contributed by atoms with Crippen LogP contribution in [-0.4, -0.2) is 18.5 Å². The highest BCUT2D eigenvalue weighted by atomic mass is 35.5. The smallest absolute Gasteiger partial charge is 0.243 e. The third-order valence-corrected chi connectivity index (χ3v) is 4.49. The summed E-state index contributed by atoms with van der Waals surface area (Å²) in [7, 11) is 0. The minimum Gasteiger partial charge on any atom is -0.441 e. The highest BCUT2D eigenvalue weighted by Crippen LogP contribution is 2.35. The molecular weight excluding hydrogens is 300 g/mol. The van der Waals surface area contributed by atoms with Crippen LogP contribution in [0.5, 0.6) is 5.75 Å². The molecule has 22 heavy (non-hydrogen) atoms. The number of carbonyl (C=O) groups is 1. The van der Waals surface area contributed by atoms with Gasteiger partial charge in [-0.05, 0) is 61.6 Å². The molecule has 0 bridgehead atoms. The molecule has 4 nitrogen and oxygen atoms in total. The van der Waals surface area contributed by atoms with Crippen molar-refractivity contribution in [2.45, 2.75) is 44.6 Å². The second kappa shape index (κ2) is 6.71. The molecule has 5 heteroatoms. The van der Waals surface area contributed by atoms with Gasteiger partial charge in [-0.15, -0.1) is 0 Å². The Morgan fingerprint density at radius 1 is 1.41 bits per heavy atom. The monoisotopic (exact) mass is 320 g/mol. The highest BCUT2D eigenvalue weighted by Gasteiger charge is 2.23. The SMILES string of the molecule is CC1CC=C(NC(=O)C2CCCCN2)Oc2ccc(Cl)cc21. The van der Waals surface area contributed by atoms with Crippen LogP contribution in [0.2, 0.25) is 5.02 Å². The number of ether oxygens (including phenoxy) is 1. The lowest BCUT2D eigenvalue weighted by Gasteiger charge is -2.23. The maximum atomic E-state index is 12.3. The van der Waals surface area contributed by atoms with Crippen LogP contribution < -0.4 is 15.4 Å². The Morgan fingerprint density at radius 3 is 3.05 bits per heavy atom. The van der Waals surface area contributed by atoms with Gasteiger partial charge in [0.2, 0.25) is 5.91 Å². The molecule has 0 spiro atoms. The number of fused-ring (bicyclic) bond motifs is 1. The van der Waals surface area contributed by atoms with E-state index in [1.807, 2.05) is 18.2 Å². The highest BCUT2D eigenvalue weighted by molar-refractivity contribution is 6.30. The first-order valence-electron chi connectivity index (χ1n) is 7.85. The fourth-order valence-electron chi connectivity index (χ4n) is 2.93. The van der Waals surface area contributed by atoms with Crippen LogP contribution in [0, 0.1) is 0 Å². The van der Waals surface area contributed by atoms with E-state index in [9.17, 15) is 4.79 Å². The van der Waals surface area contributed by atoms with Gasteiger partial charge in [0.15, 0.2) is 5.88 Å². The topological polar surface area (TPSA) is 50.4 Å². The fraction of sp³-hybridized carbons (Fsp3) is 0.471. The summed E-state index contributed by atoms with van der Waals surface area (Å²) in [4.78, 5) is 12.3. The molecule has 1 amide bonds. The molecule has 118 valence electrons. The number of allylic oxidation sites excluding steroid dienone is 1. The van der Waals surface area contributed by atoms with E-state index in [4.69, 9.17) is 16.3 Å². The lowest BCUT2D eigenvalue weighted by Crippen LogP contribution is -2.46. The minimum absolute atomic E-state index is 0.0176. The summed E-state index contributed by atoms with van der Waals surface area (Å²) in [6.07, 6.45) is 5.85. The second-order valence-corrected chi connectivity index (χ2v) is 6.42. The minimum atomic E-state index is -0.122. The maximum Gasteiger partial charge on any atom is 0.243 e. The van der Waals surface area contributed by atoms with Crippen molar-refractivity contribution in [3.05, 3.63) is 40.7 Å². The average Bonchev–Trinajstić information content (AvgIpc) is 2.68. The van der Waals surface area contributed by atoms with Crippen LogP contribution >= 0.6 is 11.6 Å². The van der Waals surface area contributed by atoms with Crippen molar-refractivity contribution in [1.82, 2.24) is 10.6 Å². The van der Waals surface area contributed by atoms with Crippen molar-refractivity contribution in [3.63, 3.8) is 0 Å². The van der Waals surface area contributed by atoms with E-state index in [-0.39, 0.29) is 11.9 Å². The maximum absolute atomic E-state index is 12.3. The molecular formula is C17H21ClN2O2. The summed E-state index contributed by atoms with van der Waals surface area (Å²) in [5, 5.41) is 6.86. The number of rotatable bonds is 2. The van der Waals surface area contributed by atoms with E-state index < -0.39 is 0 Å². The molecule has 2 aliphatic rings. The quantitative estimate of drug-likeness (QED) is 0.879. The van der Waals surface area contributed by atoms with Gasteiger partial charge in [-0.3, -0.25) is 10.1 Å². The Kier molecular flexibility index (Phi) is 4.69. The zero-order valence-corrected chi connectivity index (χ0v) is 13.5. The van der Waals surface area contributed by atoms with Crippen LogP contribution in [0.15, 0.2) is 30.2 Å². The van der Waals surface area contributed by atoms with Gasteiger partial charge in [0.25, 0.3) is 0 Å². The molecule has 1 aromatic carbocycles. The van der Waals surface area contributed by atoms with Crippen molar-refractivity contribution in [3.8, 4) is 5.75 Å². The number of piperidine rings is 1. The van der Waals surface area contributed by atoms with Crippen LogP contribution in [0.1, 0.15) is 44.1 Å². The fourth-order valence-corrected chi connectivity index (χ4v) is 3.11. The first-order chi connectivity index (χ1) is 10.6. The molecule has 1 aromatic rings. The molecule has 0 aliphatic carbocycles. The normalized spacial score (nSPS) is 24.5. The summed E-state index contributed by atoms with van der Waals surface area (Å²) in [6.45, 7) is 3.03. The largest absolute Gasteiger partial charge is 0.441 e. The molecule has 2 aliphatic heterocycles. The van der Waals surface area contributed by atoms with Crippen molar-refractivity contribution in [2.24, 2.45) is 0 Å². The number of hydrogen-bond acceptors (Lipinski definition) is 3. The van der Waals surface area contributed by atoms with Gasteiger partial charge < -0.3 is 10.1 Å². The van der Waals surface area contributed by atoms with Gasteiger partial charge in [0.05, 0.1) is 6.04 Å². The van der Waals surface area contributed by atoms with E-state index >= 15 is 0 Å². The lowest BCUT2D eigenvalue weighted by atomic mass is 9.97. The van der Waals surface area contributed by atoms with Crippen molar-refractivity contribution >= 4 is 17.5 Å². The van der Waals surface area contributed by atoms with Crippen LogP contribution in [0.4, 0.5) is 0 Å². The molecule has 3 rings (SSSR count). The van der Waals surface area contributed by atoms with Crippen LogP contribution in [0.25, 0.3) is 0 Å². The van der Waals surface area contributed by atoms with Gasteiger partial charge in [0.1, 0.15) is 5.75 Å². The van der Waals surface area contributed by atoms with Gasteiger partial charge in [0, 0.05) is 5.02 Å². The molecule has 2 unspecified atom stereocenters. The molecule has 2 atom stereocenters. The molecule has 1 saturated heterocycles. The number of hydrogen-bond donors (Lipinski definition) is 2. The predicted octanol–water partition coefficient (Wildman–Crippen LogP) is 3.33. The second-order valence-electron chi connectivity index (χ2n) is 5.98. The van der Waals surface area contributed by atoms with E-state index in [0.717, 1.165) is 43.5 Å². The number of halogens is 1. The van der Waals surface area contributed by atoms with E-state index in [1.54, 1.807) is 6.07 Å². The van der Waals surface area contributed by atoms with Crippen molar-refractivity contribution < 1.29 is 9.53 Å². The van der Waals surface area contributed by atoms with Crippen LogP contribution in [0.3, 0.4) is 0 Å². The summed E-state index contributed by atoms with van der Waals surface area (Å²) in [5.41, 5.74) is 1.07. The molecule has 0 saturated carbocycles. The summed E-state index contributed by atoms with van der Waals surface area (Å²) >= 11 is 6.07. The van der Waals surface area contributed by atoms with E-state index in [2.05, 4.69) is 17.6 Å². The zero-order valence-electron chi connectivity index (χ0n) is 12.7. The van der Waals surface area contributed by atoms with Crippen molar-refractivity contribution in [2.75, 3.05) is 6.54 Å². The Labute approximate surface area is 135 Å². The Bertz CT molecular complexity index is 594. The number of carbonyl (C=O) groups excluding carboxylic acids is 1. The zero-order chi connectivity index (χ0) is 15.5. The Morgan fingerprint density at radius 2 is 2.27 bits per heavy atom. The third-order valence-electron chi connectivity index (χ3n) is 4.25. The average molecular weight is 321 g/mol. The molecule has 0 aromatic heterocycles. The van der Waals surface area contributed by atoms with Gasteiger partial charge in [-0.25, -0.2) is 0 Å². The van der Waals surface area contributed by atoms with Gasteiger partial charge in [-0.1, -0.05) is 24.9 Å². The summed E-state index contributed by atoms with van der Waals surface area (Å²) in [6, 6.07) is 5.48. The standard InChI is InChI=1S/C17H21ClN2O2/c1-11-5-8-16(20-17(21)14-4-2-3-9-19-14)22-15-7-6-12(18)10-13(11)15/h6-8,10-11,14,19H,2-5,9H2,1H3,(H,20,21). The van der Waals surface area contributed by atoms with Gasteiger partial charge in [-0.2, -0.15) is 0 Å². The Hall–Kier alpha value is -1.52. The molecule has 0 radical (unpaired) electrons. The van der Waals surface area contributed by atoms with Crippen LogP contribution in [-0.2, 0) is 4.79 Å². The first-order valence-corrected chi connectivity index (χ1v) is 8.23. The summed E-state index contributed by atoms with van der Waals surface area (Å²) < 4.78 is 5.89. The molecule has 2 heterocycles. The van der Waals surface area contributed by atoms with Gasteiger partial charge >= 0.3 is 0 Å². The number of amides is 1. The third kappa shape index (κ3) is 3.45. The first kappa shape index (κ1) is 15.4. The van der Waals surface area contributed by atoms with Crippen molar-refractivity contribution in [1.29, 1.82) is 0 Å². The van der Waals surface area contributed by atoms with E-state index in [1.165, 1.54) is 0 Å². The summed E-state index contributed by atoms with van der Waals surface area (Å²) in [5.74, 6) is 1.56.